The molecule has 1 saturated carbocycles. The van der Waals surface area contributed by atoms with Crippen molar-refractivity contribution in [2.45, 2.75) is 82.0 Å². The zero-order valence-corrected chi connectivity index (χ0v) is 21.9. The Morgan fingerprint density at radius 3 is 2.40 bits per heavy atom. The summed E-state index contributed by atoms with van der Waals surface area (Å²) in [4.78, 5) is 27.4. The number of epoxide rings is 1. The molecule has 4 atom stereocenters. The zero-order valence-electron chi connectivity index (χ0n) is 20.9. The number of fused-ring (bicyclic) bond motifs is 6. The SMILES string of the molecule is CC(C)(C)[Si](C)(C)O[C@@H]1[C@@H]2O[C@@H]2C2(OCCCO2)C2=CCn3c(=O)n(-c4ccccc4)c(=O)n3[C@H]21. The van der Waals surface area contributed by atoms with Crippen LogP contribution in [0.15, 0.2) is 51.6 Å². The quantitative estimate of drug-likeness (QED) is 0.366. The van der Waals surface area contributed by atoms with Crippen molar-refractivity contribution in [1.82, 2.24) is 13.9 Å². The molecule has 3 aliphatic heterocycles. The van der Waals surface area contributed by atoms with Gasteiger partial charge in [0.25, 0.3) is 0 Å². The lowest BCUT2D eigenvalue weighted by Crippen LogP contribution is -2.61. The zero-order chi connectivity index (χ0) is 24.8. The lowest BCUT2D eigenvalue weighted by Gasteiger charge is -2.49. The van der Waals surface area contributed by atoms with Gasteiger partial charge < -0.3 is 18.6 Å². The summed E-state index contributed by atoms with van der Waals surface area (Å²) in [6, 6.07) is 8.46. The number of hydrogen-bond acceptors (Lipinski definition) is 6. The van der Waals surface area contributed by atoms with Gasteiger partial charge in [0.05, 0.1) is 25.4 Å². The van der Waals surface area contributed by atoms with Crippen molar-refractivity contribution in [2.75, 3.05) is 13.2 Å². The fourth-order valence-electron chi connectivity index (χ4n) is 5.38. The van der Waals surface area contributed by atoms with Crippen LogP contribution in [0.2, 0.25) is 18.1 Å². The van der Waals surface area contributed by atoms with Gasteiger partial charge in [0, 0.05) is 5.57 Å². The van der Waals surface area contributed by atoms with Crippen molar-refractivity contribution < 1.29 is 18.6 Å². The number of benzene rings is 1. The van der Waals surface area contributed by atoms with Crippen LogP contribution in [0, 0.1) is 0 Å². The van der Waals surface area contributed by atoms with Gasteiger partial charge in [-0.3, -0.25) is 0 Å². The Morgan fingerprint density at radius 1 is 1.06 bits per heavy atom. The van der Waals surface area contributed by atoms with Gasteiger partial charge in [-0.05, 0) is 36.7 Å². The molecular weight excluding hydrogens is 466 g/mol. The maximum absolute atomic E-state index is 13.9. The molecule has 0 unspecified atom stereocenters. The highest BCUT2D eigenvalue weighted by Crippen LogP contribution is 2.56. The Labute approximate surface area is 205 Å². The molecule has 3 fully saturated rings. The smallest absolute Gasteiger partial charge is 0.352 e. The molecule has 1 aromatic heterocycles. The van der Waals surface area contributed by atoms with Crippen LogP contribution < -0.4 is 11.4 Å². The first-order chi connectivity index (χ1) is 16.6. The largest absolute Gasteiger partial charge is 0.409 e. The summed E-state index contributed by atoms with van der Waals surface area (Å²) in [6.45, 7) is 12.3. The maximum atomic E-state index is 13.9. The van der Waals surface area contributed by atoms with E-state index >= 15 is 0 Å². The van der Waals surface area contributed by atoms with Crippen LogP contribution in [-0.4, -0.2) is 59.6 Å². The van der Waals surface area contributed by atoms with E-state index in [1.807, 2.05) is 24.3 Å². The Kier molecular flexibility index (Phi) is 5.05. The van der Waals surface area contributed by atoms with Gasteiger partial charge in [-0.1, -0.05) is 45.0 Å². The minimum atomic E-state index is -2.25. The molecule has 35 heavy (non-hydrogen) atoms. The van der Waals surface area contributed by atoms with E-state index in [0.717, 1.165) is 12.0 Å². The van der Waals surface area contributed by atoms with Crippen LogP contribution in [0.25, 0.3) is 5.69 Å². The molecule has 2 aromatic rings. The fraction of sp³-hybridized carbons (Fsp3) is 0.600. The summed E-state index contributed by atoms with van der Waals surface area (Å²) in [5.74, 6) is -1.05. The molecule has 2 saturated heterocycles. The molecule has 0 radical (unpaired) electrons. The molecular formula is C25H33N3O6Si. The first-order valence-electron chi connectivity index (χ1n) is 12.4. The highest BCUT2D eigenvalue weighted by Gasteiger charge is 2.71. The summed E-state index contributed by atoms with van der Waals surface area (Å²) >= 11 is 0. The van der Waals surface area contributed by atoms with Crippen LogP contribution in [0.4, 0.5) is 0 Å². The van der Waals surface area contributed by atoms with E-state index < -0.39 is 31.9 Å². The Morgan fingerprint density at radius 2 is 1.74 bits per heavy atom. The predicted octanol–water partition coefficient (Wildman–Crippen LogP) is 2.59. The minimum absolute atomic E-state index is 0.0382. The second-order valence-corrected chi connectivity index (χ2v) is 16.1. The molecule has 1 aliphatic carbocycles. The number of ether oxygens (including phenoxy) is 3. The molecule has 0 amide bonds. The van der Waals surface area contributed by atoms with E-state index in [1.165, 1.54) is 9.25 Å². The number of hydrogen-bond donors (Lipinski definition) is 0. The number of aromatic nitrogens is 3. The van der Waals surface area contributed by atoms with Gasteiger partial charge in [0.2, 0.25) is 5.79 Å². The topological polar surface area (TPSA) is 89.2 Å². The number of para-hydroxylation sites is 1. The molecule has 188 valence electrons. The third-order valence-corrected chi connectivity index (χ3v) is 12.7. The number of rotatable bonds is 3. The van der Waals surface area contributed by atoms with Crippen molar-refractivity contribution in [1.29, 1.82) is 0 Å². The molecule has 0 N–H and O–H groups in total. The summed E-state index contributed by atoms with van der Waals surface area (Å²) < 4.78 is 30.0. The summed E-state index contributed by atoms with van der Waals surface area (Å²) in [5.41, 5.74) is 0.593. The van der Waals surface area contributed by atoms with Crippen molar-refractivity contribution >= 4 is 8.32 Å². The minimum Gasteiger partial charge on any atom is -0.409 e. The van der Waals surface area contributed by atoms with Crippen LogP contribution in [-0.2, 0) is 25.2 Å². The maximum Gasteiger partial charge on any atom is 0.352 e. The van der Waals surface area contributed by atoms with E-state index in [9.17, 15) is 9.59 Å². The first-order valence-corrected chi connectivity index (χ1v) is 15.3. The van der Waals surface area contributed by atoms with E-state index in [0.29, 0.717) is 18.9 Å². The highest BCUT2D eigenvalue weighted by molar-refractivity contribution is 6.74. The molecule has 1 aromatic carbocycles. The first kappa shape index (κ1) is 23.2. The summed E-state index contributed by atoms with van der Waals surface area (Å²) in [6.07, 6.45) is 1.78. The van der Waals surface area contributed by atoms with Gasteiger partial charge in [-0.2, -0.15) is 0 Å². The van der Waals surface area contributed by atoms with E-state index in [-0.39, 0.29) is 29.5 Å². The van der Waals surface area contributed by atoms with Crippen molar-refractivity contribution in [3.63, 3.8) is 0 Å². The molecule has 1 spiro atoms. The van der Waals surface area contributed by atoms with E-state index in [4.69, 9.17) is 18.6 Å². The normalized spacial score (nSPS) is 29.2. The summed E-state index contributed by atoms with van der Waals surface area (Å²) in [7, 11) is -2.25. The lowest BCUT2D eigenvalue weighted by atomic mass is 9.81. The van der Waals surface area contributed by atoms with Crippen molar-refractivity contribution in [3.05, 3.63) is 62.9 Å². The molecule has 9 nitrogen and oxygen atoms in total. The molecule has 6 rings (SSSR count). The summed E-state index contributed by atoms with van der Waals surface area (Å²) in [5, 5.41) is -0.0382. The van der Waals surface area contributed by atoms with Crippen LogP contribution >= 0.6 is 0 Å². The molecule has 4 heterocycles. The standard InChI is InChI=1S/C25H33N3O6Si/c1-24(2,3)35(4,5)34-19-18-17(25(21-20(19)33-21)31-14-9-15-32-25)12-13-26-22(29)27(23(30)28(18)26)16-10-7-6-8-11-16/h6-8,10-12,18-21H,9,13-15H2,1-5H3/t18-,19+,20+,21+/m1/s1. The lowest BCUT2D eigenvalue weighted by molar-refractivity contribution is -0.260. The van der Waals surface area contributed by atoms with Gasteiger partial charge in [0.1, 0.15) is 24.4 Å². The average molecular weight is 500 g/mol. The molecule has 4 aliphatic rings. The van der Waals surface area contributed by atoms with Crippen LogP contribution in [0.1, 0.15) is 33.2 Å². The second-order valence-electron chi connectivity index (χ2n) is 11.3. The van der Waals surface area contributed by atoms with Crippen LogP contribution in [0.5, 0.6) is 0 Å². The van der Waals surface area contributed by atoms with E-state index in [2.05, 4.69) is 33.9 Å². The van der Waals surface area contributed by atoms with Gasteiger partial charge in [-0.25, -0.2) is 23.5 Å². The van der Waals surface area contributed by atoms with Crippen LogP contribution in [0.3, 0.4) is 0 Å². The third kappa shape index (κ3) is 3.27. The average Bonchev–Trinajstić information content (AvgIpc) is 3.59. The van der Waals surface area contributed by atoms with Gasteiger partial charge >= 0.3 is 11.4 Å². The number of allylic oxidation sites excluding steroid dienone is 1. The molecule has 10 heteroatoms. The molecule has 0 bridgehead atoms. The van der Waals surface area contributed by atoms with Gasteiger partial charge in [-0.15, -0.1) is 0 Å². The van der Waals surface area contributed by atoms with Crippen molar-refractivity contribution in [2.24, 2.45) is 0 Å². The predicted molar refractivity (Wildman–Crippen MR) is 131 cm³/mol. The third-order valence-electron chi connectivity index (χ3n) is 8.24. The fourth-order valence-corrected chi connectivity index (χ4v) is 6.68. The van der Waals surface area contributed by atoms with E-state index in [1.54, 1.807) is 16.8 Å². The van der Waals surface area contributed by atoms with Crippen molar-refractivity contribution in [3.8, 4) is 5.69 Å². The Balaban J connectivity index is 1.53. The highest BCUT2D eigenvalue weighted by atomic mass is 28.4. The Hall–Kier alpha value is -2.24. The monoisotopic (exact) mass is 499 g/mol. The number of nitrogens with zero attached hydrogens (tertiary/aromatic N) is 3. The Bertz CT molecular complexity index is 1300. The second kappa shape index (κ2) is 7.63. The van der Waals surface area contributed by atoms with Gasteiger partial charge in [0.15, 0.2) is 8.32 Å².